The minimum Gasteiger partial charge on any atom is -0.507 e. The van der Waals surface area contributed by atoms with Gasteiger partial charge in [0.15, 0.2) is 0 Å². The number of ether oxygens (including phenoxy) is 1. The molecule has 0 aromatic heterocycles. The molecule has 0 bridgehead atoms. The third-order valence-corrected chi connectivity index (χ3v) is 6.12. The number of Topliss-reactive ketones (excluding diaryl/α,β-unsaturated/α-hetero) is 1. The van der Waals surface area contributed by atoms with Gasteiger partial charge in [0.1, 0.15) is 11.5 Å². The Bertz CT molecular complexity index is 1290. The van der Waals surface area contributed by atoms with Crippen molar-refractivity contribution in [3.8, 4) is 5.75 Å². The minimum atomic E-state index is -0.763. The van der Waals surface area contributed by atoms with Gasteiger partial charge in [0.25, 0.3) is 11.7 Å². The number of hydrogen-bond acceptors (Lipinski definition) is 5. The number of aliphatic hydroxyl groups is 1. The molecule has 1 heterocycles. The topological polar surface area (TPSA) is 70.1 Å². The van der Waals surface area contributed by atoms with Crippen LogP contribution in [0, 0.1) is 13.8 Å². The van der Waals surface area contributed by atoms with Crippen LogP contribution in [-0.2, 0) is 9.59 Å². The van der Waals surface area contributed by atoms with Crippen LogP contribution in [0.5, 0.6) is 5.75 Å². The number of carbonyl (C=O) groups is 2. The van der Waals surface area contributed by atoms with Crippen LogP contribution in [0.15, 0.2) is 72.3 Å². The number of methoxy groups -OCH3 is 1. The average Bonchev–Trinajstić information content (AvgIpc) is 3.09. The number of aliphatic hydroxyl groups excluding tert-OH is 1. The predicted molar refractivity (Wildman–Crippen MR) is 134 cm³/mol. The Morgan fingerprint density at radius 3 is 2.26 bits per heavy atom. The second kappa shape index (κ2) is 9.06. The highest BCUT2D eigenvalue weighted by Gasteiger charge is 2.47. The van der Waals surface area contributed by atoms with E-state index in [9.17, 15) is 14.7 Å². The molecule has 1 fully saturated rings. The van der Waals surface area contributed by atoms with Gasteiger partial charge in [0, 0.05) is 31.0 Å². The highest BCUT2D eigenvalue weighted by molar-refractivity contribution is 6.51. The van der Waals surface area contributed by atoms with E-state index in [0.29, 0.717) is 17.0 Å². The fourth-order valence-corrected chi connectivity index (χ4v) is 4.33. The number of rotatable bonds is 5. The fraction of sp³-hybridized carbons (Fsp3) is 0.214. The van der Waals surface area contributed by atoms with Crippen LogP contribution in [0.1, 0.15) is 28.3 Å². The molecule has 1 aliphatic rings. The van der Waals surface area contributed by atoms with E-state index in [4.69, 9.17) is 4.74 Å². The molecule has 0 spiro atoms. The molecular formula is C28H28N2O4. The van der Waals surface area contributed by atoms with E-state index in [1.807, 2.05) is 75.3 Å². The predicted octanol–water partition coefficient (Wildman–Crippen LogP) is 5.00. The molecule has 3 aromatic rings. The van der Waals surface area contributed by atoms with E-state index >= 15 is 0 Å². The van der Waals surface area contributed by atoms with E-state index in [1.165, 1.54) is 4.90 Å². The molecule has 1 amide bonds. The first kappa shape index (κ1) is 23.1. The Labute approximate surface area is 199 Å². The summed E-state index contributed by atoms with van der Waals surface area (Å²) in [6, 6.07) is 19.5. The highest BCUT2D eigenvalue weighted by Crippen LogP contribution is 2.42. The lowest BCUT2D eigenvalue weighted by Crippen LogP contribution is -2.29. The van der Waals surface area contributed by atoms with Crippen LogP contribution < -0.4 is 14.5 Å². The third-order valence-electron chi connectivity index (χ3n) is 6.12. The smallest absolute Gasteiger partial charge is 0.300 e. The van der Waals surface area contributed by atoms with Crippen LogP contribution in [0.3, 0.4) is 0 Å². The molecule has 0 aliphatic carbocycles. The normalized spacial score (nSPS) is 17.2. The summed E-state index contributed by atoms with van der Waals surface area (Å²) in [5, 5.41) is 11.3. The molecule has 0 radical (unpaired) electrons. The monoisotopic (exact) mass is 456 g/mol. The average molecular weight is 457 g/mol. The molecule has 4 rings (SSSR count). The number of nitrogens with zero attached hydrogens (tertiary/aromatic N) is 2. The van der Waals surface area contributed by atoms with Crippen molar-refractivity contribution >= 4 is 28.8 Å². The van der Waals surface area contributed by atoms with Gasteiger partial charge < -0.3 is 14.7 Å². The molecule has 1 unspecified atom stereocenters. The summed E-state index contributed by atoms with van der Waals surface area (Å²) >= 11 is 0. The van der Waals surface area contributed by atoms with Crippen LogP contribution in [0.2, 0.25) is 0 Å². The number of aryl methyl sites for hydroxylation is 2. The van der Waals surface area contributed by atoms with E-state index in [2.05, 4.69) is 0 Å². The summed E-state index contributed by atoms with van der Waals surface area (Å²) in [6.45, 7) is 3.79. The van der Waals surface area contributed by atoms with Crippen molar-refractivity contribution in [2.24, 2.45) is 0 Å². The van der Waals surface area contributed by atoms with Crippen LogP contribution in [-0.4, -0.2) is 38.0 Å². The summed E-state index contributed by atoms with van der Waals surface area (Å²) in [5.41, 5.74) is 4.62. The molecule has 1 atom stereocenters. The Hall–Kier alpha value is -4.06. The van der Waals surface area contributed by atoms with Gasteiger partial charge in [-0.15, -0.1) is 0 Å². The fourth-order valence-electron chi connectivity index (χ4n) is 4.33. The van der Waals surface area contributed by atoms with Gasteiger partial charge >= 0.3 is 0 Å². The Kier molecular flexibility index (Phi) is 6.16. The van der Waals surface area contributed by atoms with E-state index in [-0.39, 0.29) is 11.3 Å². The lowest BCUT2D eigenvalue weighted by Gasteiger charge is -2.26. The van der Waals surface area contributed by atoms with Crippen LogP contribution >= 0.6 is 0 Å². The molecular weight excluding hydrogens is 428 g/mol. The lowest BCUT2D eigenvalue weighted by atomic mass is 9.94. The number of amides is 1. The van der Waals surface area contributed by atoms with Crippen molar-refractivity contribution in [2.45, 2.75) is 19.9 Å². The van der Waals surface area contributed by atoms with Crippen molar-refractivity contribution in [1.82, 2.24) is 0 Å². The molecule has 3 aromatic carbocycles. The largest absolute Gasteiger partial charge is 0.507 e. The summed E-state index contributed by atoms with van der Waals surface area (Å²) in [7, 11) is 5.46. The van der Waals surface area contributed by atoms with Crippen molar-refractivity contribution in [3.05, 3.63) is 94.6 Å². The molecule has 1 saturated heterocycles. The second-order valence-electron chi connectivity index (χ2n) is 8.68. The Morgan fingerprint density at radius 1 is 0.971 bits per heavy atom. The zero-order valence-corrected chi connectivity index (χ0v) is 20.0. The SMILES string of the molecule is COc1ccc(/C(O)=C2/C(=O)C(=O)N(c3cccc(C)c3)C2c2ccc(N(C)C)cc2)cc1C. The number of benzene rings is 3. The number of hydrogen-bond donors (Lipinski definition) is 1. The van der Waals surface area contributed by atoms with Crippen molar-refractivity contribution < 1.29 is 19.4 Å². The van der Waals surface area contributed by atoms with Gasteiger partial charge in [-0.05, 0) is 73.0 Å². The van der Waals surface area contributed by atoms with Crippen molar-refractivity contribution in [3.63, 3.8) is 0 Å². The molecule has 6 nitrogen and oxygen atoms in total. The maximum atomic E-state index is 13.3. The van der Waals surface area contributed by atoms with E-state index in [1.54, 1.807) is 31.4 Å². The number of carbonyl (C=O) groups excluding carboxylic acids is 2. The summed E-state index contributed by atoms with van der Waals surface area (Å²) in [5.74, 6) is -0.915. The number of anilines is 2. The van der Waals surface area contributed by atoms with Gasteiger partial charge in [-0.2, -0.15) is 0 Å². The summed E-state index contributed by atoms with van der Waals surface area (Å²) in [6.07, 6.45) is 0. The maximum absolute atomic E-state index is 13.3. The van der Waals surface area contributed by atoms with E-state index < -0.39 is 17.7 Å². The molecule has 34 heavy (non-hydrogen) atoms. The second-order valence-corrected chi connectivity index (χ2v) is 8.68. The highest BCUT2D eigenvalue weighted by atomic mass is 16.5. The zero-order chi connectivity index (χ0) is 24.6. The van der Waals surface area contributed by atoms with Crippen LogP contribution in [0.25, 0.3) is 5.76 Å². The van der Waals surface area contributed by atoms with E-state index in [0.717, 1.165) is 22.4 Å². The standard InChI is InChI=1S/C28H28N2O4/c1-17-7-6-8-22(15-17)30-25(19-9-12-21(13-10-19)29(3)4)24(27(32)28(30)33)26(31)20-11-14-23(34-5)18(2)16-20/h6-16,25,31H,1-5H3/b26-24-. The minimum absolute atomic E-state index is 0.0636. The lowest BCUT2D eigenvalue weighted by molar-refractivity contribution is -0.132. The first-order valence-corrected chi connectivity index (χ1v) is 11.0. The van der Waals surface area contributed by atoms with Gasteiger partial charge in [-0.3, -0.25) is 14.5 Å². The van der Waals surface area contributed by atoms with Gasteiger partial charge in [-0.25, -0.2) is 0 Å². The van der Waals surface area contributed by atoms with Crippen molar-refractivity contribution in [2.75, 3.05) is 31.0 Å². The summed E-state index contributed by atoms with van der Waals surface area (Å²) < 4.78 is 5.32. The quantitative estimate of drug-likeness (QED) is 0.332. The van der Waals surface area contributed by atoms with Gasteiger partial charge in [0.2, 0.25) is 0 Å². The third kappa shape index (κ3) is 4.03. The molecule has 1 aliphatic heterocycles. The Morgan fingerprint density at radius 2 is 1.68 bits per heavy atom. The Balaban J connectivity index is 1.93. The maximum Gasteiger partial charge on any atom is 0.300 e. The molecule has 0 saturated carbocycles. The first-order chi connectivity index (χ1) is 16.2. The first-order valence-electron chi connectivity index (χ1n) is 11.0. The van der Waals surface area contributed by atoms with Crippen molar-refractivity contribution in [1.29, 1.82) is 0 Å². The zero-order valence-electron chi connectivity index (χ0n) is 20.0. The van der Waals surface area contributed by atoms with Gasteiger partial charge in [0.05, 0.1) is 18.7 Å². The molecule has 6 heteroatoms. The summed E-state index contributed by atoms with van der Waals surface area (Å²) in [4.78, 5) is 30.1. The van der Waals surface area contributed by atoms with Gasteiger partial charge in [-0.1, -0.05) is 24.3 Å². The molecule has 1 N–H and O–H groups in total. The molecule has 174 valence electrons. The number of ketones is 1. The van der Waals surface area contributed by atoms with Crippen LogP contribution in [0.4, 0.5) is 11.4 Å².